The zero-order valence-corrected chi connectivity index (χ0v) is 9.65. The number of halogens is 4. The van der Waals surface area contributed by atoms with Crippen molar-refractivity contribution in [1.29, 1.82) is 0 Å². The molecule has 6 heteroatoms. The first kappa shape index (κ1) is 12.9. The van der Waals surface area contributed by atoms with Gasteiger partial charge < -0.3 is 4.90 Å². The molecule has 1 heterocycles. The van der Waals surface area contributed by atoms with Gasteiger partial charge in [-0.25, -0.2) is 17.6 Å². The second-order valence-electron chi connectivity index (χ2n) is 4.16. The van der Waals surface area contributed by atoms with Gasteiger partial charge in [0.2, 0.25) is 0 Å². The van der Waals surface area contributed by atoms with Gasteiger partial charge in [0.05, 0.1) is 0 Å². The monoisotopic (exact) mass is 260 g/mol. The van der Waals surface area contributed by atoms with Crippen LogP contribution in [0.3, 0.4) is 0 Å². The molecule has 1 aliphatic rings. The molecule has 0 amide bonds. The molecule has 0 unspecified atom stereocenters. The summed E-state index contributed by atoms with van der Waals surface area (Å²) in [6, 6.07) is 0. The van der Waals surface area contributed by atoms with Gasteiger partial charge in [-0.2, -0.15) is 0 Å². The average molecular weight is 260 g/mol. The lowest BCUT2D eigenvalue weighted by molar-refractivity contribution is 0.448. The van der Waals surface area contributed by atoms with Crippen LogP contribution in [0, 0.1) is 23.3 Å². The maximum absolute atomic E-state index is 13.8. The van der Waals surface area contributed by atoms with E-state index in [9.17, 15) is 17.6 Å². The van der Waals surface area contributed by atoms with Gasteiger partial charge in [-0.3, -0.25) is 4.99 Å². The van der Waals surface area contributed by atoms with Crippen molar-refractivity contribution < 1.29 is 17.6 Å². The number of hydrogen-bond donors (Lipinski definition) is 0. The largest absolute Gasteiger partial charge is 0.367 e. The second-order valence-corrected chi connectivity index (χ2v) is 4.16. The molecule has 1 fully saturated rings. The van der Waals surface area contributed by atoms with Crippen LogP contribution in [0.15, 0.2) is 4.99 Å². The fraction of sp³-hybridized carbons (Fsp3) is 0.417. The fourth-order valence-corrected chi connectivity index (χ4v) is 2.14. The zero-order valence-electron chi connectivity index (χ0n) is 9.65. The summed E-state index contributed by atoms with van der Waals surface area (Å²) in [7, 11) is 0. The highest BCUT2D eigenvalue weighted by atomic mass is 19.2. The predicted octanol–water partition coefficient (Wildman–Crippen LogP) is 3.57. The van der Waals surface area contributed by atoms with E-state index in [4.69, 9.17) is 0 Å². The Hall–Kier alpha value is -1.59. The minimum absolute atomic E-state index is 0.383. The summed E-state index contributed by atoms with van der Waals surface area (Å²) < 4.78 is 54.6. The summed E-state index contributed by atoms with van der Waals surface area (Å²) in [6.07, 6.45) is 2.42. The van der Waals surface area contributed by atoms with Gasteiger partial charge in [-0.15, -0.1) is 0 Å². The molecule has 2 nitrogen and oxygen atoms in total. The molecule has 1 saturated heterocycles. The van der Waals surface area contributed by atoms with E-state index in [1.54, 1.807) is 0 Å². The maximum Gasteiger partial charge on any atom is 0.189 e. The molecule has 2 rings (SSSR count). The van der Waals surface area contributed by atoms with Crippen molar-refractivity contribution in [3.05, 3.63) is 23.3 Å². The summed E-state index contributed by atoms with van der Waals surface area (Å²) in [6.45, 7) is 3.67. The lowest BCUT2D eigenvalue weighted by atomic mass is 10.1. The first-order chi connectivity index (χ1) is 8.57. The molecule has 98 valence electrons. The SMILES string of the molecule is C=Nc1c(F)c(F)c(N2CCCCC2)c(F)c1F. The van der Waals surface area contributed by atoms with Crippen molar-refractivity contribution in [3.63, 3.8) is 0 Å². The van der Waals surface area contributed by atoms with E-state index in [0.717, 1.165) is 19.3 Å². The quantitative estimate of drug-likeness (QED) is 0.451. The molecule has 0 radical (unpaired) electrons. The average Bonchev–Trinajstić information content (AvgIpc) is 2.39. The number of nitrogens with zero attached hydrogens (tertiary/aromatic N) is 2. The van der Waals surface area contributed by atoms with E-state index in [1.807, 2.05) is 0 Å². The summed E-state index contributed by atoms with van der Waals surface area (Å²) >= 11 is 0. The highest BCUT2D eigenvalue weighted by Crippen LogP contribution is 2.35. The molecule has 1 aliphatic heterocycles. The smallest absolute Gasteiger partial charge is 0.189 e. The van der Waals surface area contributed by atoms with Crippen LogP contribution in [-0.4, -0.2) is 19.8 Å². The molecule has 1 aromatic rings. The predicted molar refractivity (Wildman–Crippen MR) is 61.5 cm³/mol. The van der Waals surface area contributed by atoms with Gasteiger partial charge in [0.1, 0.15) is 11.4 Å². The van der Waals surface area contributed by atoms with E-state index < -0.39 is 34.6 Å². The van der Waals surface area contributed by atoms with Crippen LogP contribution in [-0.2, 0) is 0 Å². The number of piperidine rings is 1. The lowest BCUT2D eigenvalue weighted by Crippen LogP contribution is -2.31. The van der Waals surface area contributed by atoms with E-state index in [1.165, 1.54) is 4.90 Å². The third-order valence-corrected chi connectivity index (χ3v) is 3.05. The van der Waals surface area contributed by atoms with Gasteiger partial charge in [0.25, 0.3) is 0 Å². The van der Waals surface area contributed by atoms with E-state index in [2.05, 4.69) is 11.7 Å². The number of anilines is 1. The Bertz CT molecular complexity index is 452. The molecule has 0 atom stereocenters. The van der Waals surface area contributed by atoms with Crippen LogP contribution < -0.4 is 4.90 Å². The standard InChI is InChI=1S/C12H12F4N2/c1-17-11-7(13)9(15)12(10(16)8(11)14)18-5-3-2-4-6-18/h1-6H2. The lowest BCUT2D eigenvalue weighted by Gasteiger charge is -2.29. The Kier molecular flexibility index (Phi) is 3.54. The number of aliphatic imine (C=N–C) groups is 1. The van der Waals surface area contributed by atoms with Gasteiger partial charge in [-0.05, 0) is 26.0 Å². The van der Waals surface area contributed by atoms with Gasteiger partial charge >= 0.3 is 0 Å². The van der Waals surface area contributed by atoms with Crippen molar-refractivity contribution in [2.75, 3.05) is 18.0 Å². The molecular formula is C12H12F4N2. The van der Waals surface area contributed by atoms with Crippen molar-refractivity contribution in [1.82, 2.24) is 0 Å². The molecule has 1 aromatic carbocycles. The van der Waals surface area contributed by atoms with Gasteiger partial charge in [-0.1, -0.05) is 0 Å². The maximum atomic E-state index is 13.8. The molecule has 0 spiro atoms. The van der Waals surface area contributed by atoms with Gasteiger partial charge in [0, 0.05) is 13.1 Å². The third-order valence-electron chi connectivity index (χ3n) is 3.05. The van der Waals surface area contributed by atoms with Crippen LogP contribution in [0.4, 0.5) is 28.9 Å². The third kappa shape index (κ3) is 1.95. The molecule has 0 N–H and O–H groups in total. The first-order valence-corrected chi connectivity index (χ1v) is 5.65. The molecule has 18 heavy (non-hydrogen) atoms. The van der Waals surface area contributed by atoms with E-state index in [0.29, 0.717) is 13.1 Å². The number of hydrogen-bond acceptors (Lipinski definition) is 2. The Morgan fingerprint density at radius 1 is 0.833 bits per heavy atom. The van der Waals surface area contributed by atoms with Gasteiger partial charge in [0.15, 0.2) is 23.3 Å². The van der Waals surface area contributed by atoms with Crippen LogP contribution in [0.1, 0.15) is 19.3 Å². The molecule has 0 aromatic heterocycles. The Labute approximate surface area is 102 Å². The summed E-state index contributed by atoms with van der Waals surface area (Å²) in [5.74, 6) is -5.80. The van der Waals surface area contributed by atoms with E-state index in [-0.39, 0.29) is 0 Å². The van der Waals surface area contributed by atoms with Crippen LogP contribution in [0.5, 0.6) is 0 Å². The Balaban J connectivity index is 2.56. The van der Waals surface area contributed by atoms with Crippen LogP contribution in [0.2, 0.25) is 0 Å². The number of rotatable bonds is 2. The Morgan fingerprint density at radius 2 is 1.33 bits per heavy atom. The van der Waals surface area contributed by atoms with Crippen LogP contribution >= 0.6 is 0 Å². The summed E-state index contributed by atoms with van der Waals surface area (Å²) in [5, 5.41) is 0. The normalized spacial score (nSPS) is 15.9. The summed E-state index contributed by atoms with van der Waals surface area (Å²) in [4.78, 5) is 4.31. The highest BCUT2D eigenvalue weighted by molar-refractivity contribution is 5.59. The Morgan fingerprint density at radius 3 is 1.78 bits per heavy atom. The summed E-state index contributed by atoms with van der Waals surface area (Å²) in [5.41, 5.74) is -1.65. The molecule has 0 bridgehead atoms. The number of benzene rings is 1. The van der Waals surface area contributed by atoms with E-state index >= 15 is 0 Å². The fourth-order valence-electron chi connectivity index (χ4n) is 2.14. The topological polar surface area (TPSA) is 15.6 Å². The minimum atomic E-state index is -1.50. The van der Waals surface area contributed by atoms with Crippen molar-refractivity contribution >= 4 is 18.1 Å². The van der Waals surface area contributed by atoms with Crippen molar-refractivity contribution in [3.8, 4) is 0 Å². The first-order valence-electron chi connectivity index (χ1n) is 5.65. The second kappa shape index (κ2) is 4.96. The molecular weight excluding hydrogens is 248 g/mol. The zero-order chi connectivity index (χ0) is 13.3. The molecule has 0 aliphatic carbocycles. The van der Waals surface area contributed by atoms with Crippen LogP contribution in [0.25, 0.3) is 0 Å². The molecule has 0 saturated carbocycles. The highest BCUT2D eigenvalue weighted by Gasteiger charge is 2.28. The van der Waals surface area contributed by atoms with Crippen molar-refractivity contribution in [2.24, 2.45) is 4.99 Å². The minimum Gasteiger partial charge on any atom is -0.367 e. The van der Waals surface area contributed by atoms with Crippen molar-refractivity contribution in [2.45, 2.75) is 19.3 Å².